The molecule has 2 amide bonds. The molecule has 0 fully saturated rings. The average molecular weight is 299 g/mol. The topological polar surface area (TPSA) is 52.7 Å². The Kier molecular flexibility index (Phi) is 7.93. The summed E-state index contributed by atoms with van der Waals surface area (Å²) in [5, 5.41) is 2.94. The third-order valence-corrected chi connectivity index (χ3v) is 3.69. The summed E-state index contributed by atoms with van der Waals surface area (Å²) in [6.45, 7) is 11.1. The summed E-state index contributed by atoms with van der Waals surface area (Å²) >= 11 is 0. The van der Waals surface area contributed by atoms with Crippen LogP contribution in [0.25, 0.3) is 0 Å². The van der Waals surface area contributed by atoms with Crippen molar-refractivity contribution in [3.63, 3.8) is 0 Å². The molecule has 0 radical (unpaired) electrons. The molecular formula is C16H33N3O2. The van der Waals surface area contributed by atoms with Crippen molar-refractivity contribution in [3.05, 3.63) is 0 Å². The molecule has 0 heterocycles. The molecule has 0 aromatic rings. The monoisotopic (exact) mass is 299 g/mol. The Balaban J connectivity index is 4.95. The number of nitrogens with zero attached hydrogens (tertiary/aromatic N) is 2. The SMILES string of the molecule is CCC(C)C(C(=O)NCCN(C)C)N(C)C(=O)C(C)(C)C. The van der Waals surface area contributed by atoms with Gasteiger partial charge in [0.15, 0.2) is 0 Å². The molecular weight excluding hydrogens is 266 g/mol. The summed E-state index contributed by atoms with van der Waals surface area (Å²) in [4.78, 5) is 28.6. The van der Waals surface area contributed by atoms with E-state index >= 15 is 0 Å². The second-order valence-electron chi connectivity index (χ2n) is 7.09. The average Bonchev–Trinajstić information content (AvgIpc) is 2.35. The summed E-state index contributed by atoms with van der Waals surface area (Å²) in [7, 11) is 5.66. The van der Waals surface area contributed by atoms with Crippen LogP contribution in [-0.4, -0.2) is 61.9 Å². The first-order valence-electron chi connectivity index (χ1n) is 7.72. The van der Waals surface area contributed by atoms with Gasteiger partial charge in [0.2, 0.25) is 11.8 Å². The zero-order valence-electron chi connectivity index (χ0n) is 15.0. The van der Waals surface area contributed by atoms with Crippen LogP contribution in [0.5, 0.6) is 0 Å². The minimum atomic E-state index is -0.482. The van der Waals surface area contributed by atoms with Gasteiger partial charge < -0.3 is 15.1 Å². The van der Waals surface area contributed by atoms with Gasteiger partial charge in [0.05, 0.1) is 0 Å². The number of rotatable bonds is 7. The van der Waals surface area contributed by atoms with Gasteiger partial charge in [-0.15, -0.1) is 0 Å². The van der Waals surface area contributed by atoms with E-state index in [2.05, 4.69) is 5.32 Å². The summed E-state index contributed by atoms with van der Waals surface area (Å²) < 4.78 is 0. The largest absolute Gasteiger partial charge is 0.353 e. The van der Waals surface area contributed by atoms with Gasteiger partial charge >= 0.3 is 0 Å². The van der Waals surface area contributed by atoms with Crippen molar-refractivity contribution in [2.45, 2.75) is 47.1 Å². The van der Waals surface area contributed by atoms with Gasteiger partial charge in [-0.1, -0.05) is 41.0 Å². The van der Waals surface area contributed by atoms with Crippen LogP contribution in [0.4, 0.5) is 0 Å². The second-order valence-corrected chi connectivity index (χ2v) is 7.09. The number of carbonyl (C=O) groups excluding carboxylic acids is 2. The van der Waals surface area contributed by atoms with Gasteiger partial charge in [-0.2, -0.15) is 0 Å². The molecule has 0 spiro atoms. The van der Waals surface area contributed by atoms with E-state index < -0.39 is 11.5 Å². The number of carbonyl (C=O) groups is 2. The maximum Gasteiger partial charge on any atom is 0.243 e. The van der Waals surface area contributed by atoms with Crippen LogP contribution in [-0.2, 0) is 9.59 Å². The molecule has 0 bridgehead atoms. The maximum absolute atomic E-state index is 12.5. The summed E-state index contributed by atoms with van der Waals surface area (Å²) in [6, 6.07) is -0.413. The molecule has 0 aromatic heterocycles. The molecule has 2 atom stereocenters. The van der Waals surface area contributed by atoms with E-state index in [0.717, 1.165) is 13.0 Å². The molecule has 0 aromatic carbocycles. The minimum absolute atomic E-state index is 0.00411. The number of hydrogen-bond acceptors (Lipinski definition) is 3. The summed E-state index contributed by atoms with van der Waals surface area (Å²) in [5.41, 5.74) is -0.482. The van der Waals surface area contributed by atoms with E-state index in [1.54, 1.807) is 11.9 Å². The normalized spacial score (nSPS) is 14.7. The molecule has 124 valence electrons. The molecule has 0 aliphatic heterocycles. The predicted octanol–water partition coefficient (Wildman–Crippen LogP) is 1.58. The third-order valence-electron chi connectivity index (χ3n) is 3.69. The first-order valence-corrected chi connectivity index (χ1v) is 7.72. The fraction of sp³-hybridized carbons (Fsp3) is 0.875. The highest BCUT2D eigenvalue weighted by molar-refractivity contribution is 5.89. The van der Waals surface area contributed by atoms with Gasteiger partial charge in [-0.05, 0) is 20.0 Å². The van der Waals surface area contributed by atoms with Crippen molar-refractivity contribution in [1.82, 2.24) is 15.1 Å². The Morgan fingerprint density at radius 1 is 1.14 bits per heavy atom. The third kappa shape index (κ3) is 6.46. The lowest BCUT2D eigenvalue weighted by molar-refractivity contribution is -0.146. The number of likely N-dealkylation sites (N-methyl/N-ethyl adjacent to an activating group) is 2. The summed E-state index contributed by atoms with van der Waals surface area (Å²) in [5.74, 6) is 0.0579. The van der Waals surface area contributed by atoms with E-state index in [9.17, 15) is 9.59 Å². The van der Waals surface area contributed by atoms with Crippen molar-refractivity contribution in [2.24, 2.45) is 11.3 Å². The van der Waals surface area contributed by atoms with Gasteiger partial charge in [-0.25, -0.2) is 0 Å². The Hall–Kier alpha value is -1.10. The molecule has 0 saturated heterocycles. The molecule has 0 aliphatic rings. The molecule has 21 heavy (non-hydrogen) atoms. The van der Waals surface area contributed by atoms with Gasteiger partial charge in [0, 0.05) is 25.6 Å². The first-order chi connectivity index (χ1) is 9.52. The van der Waals surface area contributed by atoms with Crippen LogP contribution in [0.1, 0.15) is 41.0 Å². The standard InChI is InChI=1S/C16H33N3O2/c1-9-12(2)13(14(20)17-10-11-18(6)7)19(8)15(21)16(3,4)5/h12-13H,9-11H2,1-8H3,(H,17,20). The van der Waals surface area contributed by atoms with Crippen LogP contribution >= 0.6 is 0 Å². The second kappa shape index (κ2) is 8.37. The van der Waals surface area contributed by atoms with E-state index in [-0.39, 0.29) is 17.7 Å². The highest BCUT2D eigenvalue weighted by Crippen LogP contribution is 2.22. The molecule has 1 N–H and O–H groups in total. The van der Waals surface area contributed by atoms with E-state index in [1.807, 2.05) is 53.6 Å². The maximum atomic E-state index is 12.5. The first kappa shape index (κ1) is 19.9. The molecule has 5 nitrogen and oxygen atoms in total. The van der Waals surface area contributed by atoms with Crippen LogP contribution in [0, 0.1) is 11.3 Å². The van der Waals surface area contributed by atoms with Crippen LogP contribution in [0.3, 0.4) is 0 Å². The predicted molar refractivity (Wildman–Crippen MR) is 87.0 cm³/mol. The van der Waals surface area contributed by atoms with E-state index in [0.29, 0.717) is 6.54 Å². The van der Waals surface area contributed by atoms with Gasteiger partial charge in [-0.3, -0.25) is 9.59 Å². The lowest BCUT2D eigenvalue weighted by atomic mass is 9.91. The van der Waals surface area contributed by atoms with Crippen LogP contribution < -0.4 is 5.32 Å². The van der Waals surface area contributed by atoms with Crippen molar-refractivity contribution in [1.29, 1.82) is 0 Å². The highest BCUT2D eigenvalue weighted by Gasteiger charge is 2.35. The number of nitrogens with one attached hydrogen (secondary N) is 1. The van der Waals surface area contributed by atoms with E-state index in [1.165, 1.54) is 0 Å². The lowest BCUT2D eigenvalue weighted by Crippen LogP contribution is -2.54. The fourth-order valence-electron chi connectivity index (χ4n) is 2.20. The van der Waals surface area contributed by atoms with Gasteiger partial charge in [0.25, 0.3) is 0 Å². The van der Waals surface area contributed by atoms with Crippen molar-refractivity contribution < 1.29 is 9.59 Å². The van der Waals surface area contributed by atoms with E-state index in [4.69, 9.17) is 0 Å². The minimum Gasteiger partial charge on any atom is -0.353 e. The lowest BCUT2D eigenvalue weighted by Gasteiger charge is -2.35. The molecule has 0 saturated carbocycles. The van der Waals surface area contributed by atoms with Crippen molar-refractivity contribution in [2.75, 3.05) is 34.2 Å². The van der Waals surface area contributed by atoms with Crippen LogP contribution in [0.2, 0.25) is 0 Å². The molecule has 5 heteroatoms. The molecule has 0 rings (SSSR count). The Morgan fingerprint density at radius 2 is 1.67 bits per heavy atom. The van der Waals surface area contributed by atoms with Crippen molar-refractivity contribution in [3.8, 4) is 0 Å². The fourth-order valence-corrected chi connectivity index (χ4v) is 2.20. The molecule has 0 aliphatic carbocycles. The summed E-state index contributed by atoms with van der Waals surface area (Å²) in [6.07, 6.45) is 0.855. The Bertz CT molecular complexity index is 348. The smallest absolute Gasteiger partial charge is 0.243 e. The quantitative estimate of drug-likeness (QED) is 0.776. The zero-order chi connectivity index (χ0) is 16.8. The number of hydrogen-bond donors (Lipinski definition) is 1. The van der Waals surface area contributed by atoms with Crippen LogP contribution in [0.15, 0.2) is 0 Å². The number of amides is 2. The van der Waals surface area contributed by atoms with Gasteiger partial charge in [0.1, 0.15) is 6.04 Å². The Labute approximate surface area is 130 Å². The molecule has 2 unspecified atom stereocenters. The highest BCUT2D eigenvalue weighted by atomic mass is 16.2. The zero-order valence-corrected chi connectivity index (χ0v) is 15.0. The van der Waals surface area contributed by atoms with Crippen molar-refractivity contribution >= 4 is 11.8 Å². The Morgan fingerprint density at radius 3 is 2.05 bits per heavy atom.